The average Bonchev–Trinajstić information content (AvgIpc) is 2.93. The zero-order chi connectivity index (χ0) is 13.9. The fourth-order valence-electron chi connectivity index (χ4n) is 2.86. The van der Waals surface area contributed by atoms with Crippen LogP contribution in [0.5, 0.6) is 0 Å². The smallest absolute Gasteiger partial charge is 0.0398 e. The van der Waals surface area contributed by atoms with Gasteiger partial charge in [0.05, 0.1) is 0 Å². The third kappa shape index (κ3) is 2.37. The number of likely N-dealkylation sites (N-methyl/N-ethyl adjacent to an activating group) is 1. The first kappa shape index (κ1) is 13.3. The van der Waals surface area contributed by atoms with Crippen molar-refractivity contribution < 1.29 is 0 Å². The minimum absolute atomic E-state index is 0.341. The van der Waals surface area contributed by atoms with Crippen LogP contribution in [0.3, 0.4) is 0 Å². The number of benzene rings is 2. The van der Waals surface area contributed by atoms with E-state index in [1.165, 1.54) is 21.2 Å². The van der Waals surface area contributed by atoms with E-state index in [1.54, 1.807) is 0 Å². The van der Waals surface area contributed by atoms with E-state index in [4.69, 9.17) is 0 Å². The number of rotatable bonds is 4. The van der Waals surface area contributed by atoms with Crippen molar-refractivity contribution in [2.75, 3.05) is 7.05 Å². The van der Waals surface area contributed by atoms with Crippen molar-refractivity contribution in [3.8, 4) is 0 Å². The van der Waals surface area contributed by atoms with Crippen molar-refractivity contribution in [3.63, 3.8) is 0 Å². The van der Waals surface area contributed by atoms with Gasteiger partial charge in [-0.15, -0.1) is 11.3 Å². The summed E-state index contributed by atoms with van der Waals surface area (Å²) in [5.74, 6) is 0.444. The molecule has 0 aliphatic carbocycles. The van der Waals surface area contributed by atoms with Crippen molar-refractivity contribution in [2.45, 2.75) is 18.9 Å². The maximum Gasteiger partial charge on any atom is 0.0398 e. The van der Waals surface area contributed by atoms with Crippen LogP contribution in [0, 0.1) is 0 Å². The van der Waals surface area contributed by atoms with E-state index in [1.807, 2.05) is 11.3 Å². The Hall–Kier alpha value is -1.64. The van der Waals surface area contributed by atoms with Crippen molar-refractivity contribution in [1.29, 1.82) is 0 Å². The first-order chi connectivity index (χ1) is 9.81. The molecule has 2 atom stereocenters. The molecule has 0 aliphatic rings. The zero-order valence-corrected chi connectivity index (χ0v) is 12.7. The van der Waals surface area contributed by atoms with Gasteiger partial charge in [0.1, 0.15) is 0 Å². The Kier molecular flexibility index (Phi) is 3.86. The lowest BCUT2D eigenvalue weighted by Gasteiger charge is -2.24. The van der Waals surface area contributed by atoms with Crippen LogP contribution in [0.1, 0.15) is 30.0 Å². The first-order valence-electron chi connectivity index (χ1n) is 6.99. The summed E-state index contributed by atoms with van der Waals surface area (Å²) < 4.78 is 1.36. The monoisotopic (exact) mass is 281 g/mol. The van der Waals surface area contributed by atoms with E-state index in [9.17, 15) is 0 Å². The zero-order valence-electron chi connectivity index (χ0n) is 11.8. The van der Waals surface area contributed by atoms with Crippen molar-refractivity contribution in [3.05, 3.63) is 71.1 Å². The van der Waals surface area contributed by atoms with Crippen molar-refractivity contribution in [1.82, 2.24) is 5.32 Å². The number of nitrogens with one attached hydrogen (secondary N) is 1. The summed E-state index contributed by atoms with van der Waals surface area (Å²) in [6.07, 6.45) is 0. The molecule has 0 aliphatic heterocycles. The first-order valence-corrected chi connectivity index (χ1v) is 7.87. The van der Waals surface area contributed by atoms with Crippen LogP contribution >= 0.6 is 11.3 Å². The molecular weight excluding hydrogens is 262 g/mol. The third-order valence-electron chi connectivity index (χ3n) is 3.98. The summed E-state index contributed by atoms with van der Waals surface area (Å²) in [5, 5.41) is 7.17. The molecule has 0 amide bonds. The summed E-state index contributed by atoms with van der Waals surface area (Å²) in [4.78, 5) is 0. The molecule has 1 N–H and O–H groups in total. The Balaban J connectivity index is 2.01. The molecule has 0 spiro atoms. The lowest BCUT2D eigenvalue weighted by Crippen LogP contribution is -2.21. The Morgan fingerprint density at radius 2 is 1.65 bits per heavy atom. The predicted molar refractivity (Wildman–Crippen MR) is 88.5 cm³/mol. The van der Waals surface area contributed by atoms with Crippen LogP contribution in [-0.2, 0) is 0 Å². The Bertz CT molecular complexity index is 687. The SMILES string of the molecule is CNC(c1csc2ccccc12)C(C)c1ccccc1. The highest BCUT2D eigenvalue weighted by molar-refractivity contribution is 7.17. The second-order valence-electron chi connectivity index (χ2n) is 5.15. The second-order valence-corrected chi connectivity index (χ2v) is 6.06. The highest BCUT2D eigenvalue weighted by Gasteiger charge is 2.21. The molecule has 20 heavy (non-hydrogen) atoms. The molecule has 3 aromatic rings. The fourth-order valence-corrected chi connectivity index (χ4v) is 3.86. The molecule has 0 radical (unpaired) electrons. The quantitative estimate of drug-likeness (QED) is 0.712. The van der Waals surface area contributed by atoms with Crippen LogP contribution in [0.2, 0.25) is 0 Å². The van der Waals surface area contributed by atoms with Gasteiger partial charge in [-0.1, -0.05) is 55.5 Å². The second kappa shape index (κ2) is 5.78. The maximum absolute atomic E-state index is 3.50. The topological polar surface area (TPSA) is 12.0 Å². The van der Waals surface area contributed by atoms with Gasteiger partial charge in [-0.05, 0) is 35.0 Å². The molecule has 2 unspecified atom stereocenters. The Morgan fingerprint density at radius 3 is 2.40 bits per heavy atom. The van der Waals surface area contributed by atoms with Gasteiger partial charge >= 0.3 is 0 Å². The molecule has 2 heteroatoms. The fraction of sp³-hybridized carbons (Fsp3) is 0.222. The van der Waals surface area contributed by atoms with Crippen LogP contribution in [0.15, 0.2) is 60.0 Å². The summed E-state index contributed by atoms with van der Waals surface area (Å²) in [5.41, 5.74) is 2.78. The van der Waals surface area contributed by atoms with Gasteiger partial charge in [-0.25, -0.2) is 0 Å². The highest BCUT2D eigenvalue weighted by Crippen LogP contribution is 2.37. The summed E-state index contributed by atoms with van der Waals surface area (Å²) in [7, 11) is 2.05. The standard InChI is InChI=1S/C18H19NS/c1-13(14-8-4-3-5-9-14)18(19-2)16-12-20-17-11-7-6-10-15(16)17/h3-13,18-19H,1-2H3. The number of fused-ring (bicyclic) bond motifs is 1. The van der Waals surface area contributed by atoms with E-state index < -0.39 is 0 Å². The molecule has 102 valence electrons. The summed E-state index contributed by atoms with van der Waals surface area (Å²) in [6, 6.07) is 19.7. The molecular formula is C18H19NS. The van der Waals surface area contributed by atoms with Gasteiger partial charge in [-0.3, -0.25) is 0 Å². The molecule has 2 aromatic carbocycles. The molecule has 0 fully saturated rings. The van der Waals surface area contributed by atoms with Gasteiger partial charge in [0, 0.05) is 16.7 Å². The van der Waals surface area contributed by atoms with Gasteiger partial charge in [0.2, 0.25) is 0 Å². The van der Waals surface area contributed by atoms with Gasteiger partial charge in [0.15, 0.2) is 0 Å². The van der Waals surface area contributed by atoms with E-state index in [-0.39, 0.29) is 0 Å². The number of hydrogen-bond donors (Lipinski definition) is 1. The number of thiophene rings is 1. The van der Waals surface area contributed by atoms with Crippen molar-refractivity contribution in [2.24, 2.45) is 0 Å². The third-order valence-corrected chi connectivity index (χ3v) is 4.96. The molecule has 1 heterocycles. The molecule has 1 aromatic heterocycles. The molecule has 0 saturated heterocycles. The van der Waals surface area contributed by atoms with Crippen LogP contribution < -0.4 is 5.32 Å². The highest BCUT2D eigenvalue weighted by atomic mass is 32.1. The van der Waals surface area contributed by atoms with Crippen LogP contribution in [0.25, 0.3) is 10.1 Å². The van der Waals surface area contributed by atoms with Gasteiger partial charge < -0.3 is 5.32 Å². The van der Waals surface area contributed by atoms with Gasteiger partial charge in [0.25, 0.3) is 0 Å². The minimum Gasteiger partial charge on any atom is -0.312 e. The van der Waals surface area contributed by atoms with Gasteiger partial charge in [-0.2, -0.15) is 0 Å². The lowest BCUT2D eigenvalue weighted by molar-refractivity contribution is 0.512. The summed E-state index contributed by atoms with van der Waals surface area (Å²) in [6.45, 7) is 2.29. The van der Waals surface area contributed by atoms with E-state index in [0.717, 1.165) is 0 Å². The Morgan fingerprint density at radius 1 is 0.950 bits per heavy atom. The van der Waals surface area contributed by atoms with E-state index in [0.29, 0.717) is 12.0 Å². The van der Waals surface area contributed by atoms with Crippen molar-refractivity contribution >= 4 is 21.4 Å². The minimum atomic E-state index is 0.341. The normalized spacial score (nSPS) is 14.3. The predicted octanol–water partition coefficient (Wildman–Crippen LogP) is 4.97. The average molecular weight is 281 g/mol. The van der Waals surface area contributed by atoms with E-state index in [2.05, 4.69) is 79.3 Å². The molecule has 3 rings (SSSR count). The number of hydrogen-bond acceptors (Lipinski definition) is 2. The maximum atomic E-state index is 3.50. The Labute approximate surface area is 124 Å². The van der Waals surface area contributed by atoms with Crippen LogP contribution in [0.4, 0.5) is 0 Å². The molecule has 0 bridgehead atoms. The largest absolute Gasteiger partial charge is 0.312 e. The summed E-state index contributed by atoms with van der Waals surface area (Å²) >= 11 is 1.83. The lowest BCUT2D eigenvalue weighted by atomic mass is 9.88. The van der Waals surface area contributed by atoms with Crippen LogP contribution in [-0.4, -0.2) is 7.05 Å². The molecule has 0 saturated carbocycles. The van der Waals surface area contributed by atoms with E-state index >= 15 is 0 Å². The molecule has 1 nitrogen and oxygen atoms in total.